The number of aromatic nitrogens is 4. The van der Waals surface area contributed by atoms with E-state index < -0.39 is 17.5 Å². The van der Waals surface area contributed by atoms with Crippen molar-refractivity contribution in [3.63, 3.8) is 0 Å². The molecular formula is C16H15F2N5O2. The molecule has 3 aromatic rings. The molecule has 0 spiro atoms. The third-order valence-corrected chi connectivity index (χ3v) is 3.69. The van der Waals surface area contributed by atoms with Gasteiger partial charge in [-0.2, -0.15) is 5.10 Å². The zero-order valence-electron chi connectivity index (χ0n) is 13.4. The van der Waals surface area contributed by atoms with Crippen molar-refractivity contribution >= 4 is 16.9 Å². The summed E-state index contributed by atoms with van der Waals surface area (Å²) in [6.45, 7) is -0.00672. The van der Waals surface area contributed by atoms with E-state index >= 15 is 0 Å². The molecule has 25 heavy (non-hydrogen) atoms. The van der Waals surface area contributed by atoms with Crippen LogP contribution in [0.25, 0.3) is 11.0 Å². The lowest BCUT2D eigenvalue weighted by atomic mass is 10.1. The van der Waals surface area contributed by atoms with Gasteiger partial charge in [0.25, 0.3) is 5.56 Å². The van der Waals surface area contributed by atoms with Crippen LogP contribution in [0.15, 0.2) is 35.5 Å². The number of halogens is 2. The number of carbonyl (C=O) groups excluding carboxylic acids is 1. The molecule has 3 rings (SSSR count). The SMILES string of the molecule is Cn1ncc2c(=O)n(CC(=O)NCCc3cc(F)cc(F)c3)cnc21. The van der Waals surface area contributed by atoms with Gasteiger partial charge in [0.1, 0.15) is 29.9 Å². The molecule has 0 aliphatic carbocycles. The smallest absolute Gasteiger partial charge is 0.264 e. The Balaban J connectivity index is 1.61. The monoisotopic (exact) mass is 347 g/mol. The number of hydrogen-bond donors (Lipinski definition) is 1. The Hall–Kier alpha value is -3.10. The van der Waals surface area contributed by atoms with Crippen LogP contribution in [0.4, 0.5) is 8.78 Å². The number of carbonyl (C=O) groups is 1. The van der Waals surface area contributed by atoms with Gasteiger partial charge in [-0.3, -0.25) is 18.8 Å². The maximum atomic E-state index is 13.1. The first-order valence-electron chi connectivity index (χ1n) is 7.53. The molecule has 0 fully saturated rings. The van der Waals surface area contributed by atoms with Crippen LogP contribution in [0, 0.1) is 11.6 Å². The quantitative estimate of drug-likeness (QED) is 0.739. The molecule has 0 aliphatic heterocycles. The van der Waals surface area contributed by atoms with Crippen molar-refractivity contribution < 1.29 is 13.6 Å². The molecule has 7 nitrogen and oxygen atoms in total. The van der Waals surface area contributed by atoms with Gasteiger partial charge in [0.2, 0.25) is 5.91 Å². The molecule has 2 heterocycles. The highest BCUT2D eigenvalue weighted by atomic mass is 19.1. The largest absolute Gasteiger partial charge is 0.354 e. The highest BCUT2D eigenvalue weighted by Gasteiger charge is 2.10. The van der Waals surface area contributed by atoms with E-state index in [0.717, 1.165) is 6.07 Å². The van der Waals surface area contributed by atoms with Gasteiger partial charge in [0.05, 0.1) is 6.20 Å². The van der Waals surface area contributed by atoms with E-state index in [1.54, 1.807) is 7.05 Å². The number of fused-ring (bicyclic) bond motifs is 1. The second kappa shape index (κ2) is 6.80. The molecule has 9 heteroatoms. The molecule has 0 saturated carbocycles. The van der Waals surface area contributed by atoms with Gasteiger partial charge in [-0.25, -0.2) is 13.8 Å². The van der Waals surface area contributed by atoms with Crippen LogP contribution in [0.5, 0.6) is 0 Å². The van der Waals surface area contributed by atoms with Crippen molar-refractivity contribution in [2.24, 2.45) is 7.05 Å². The summed E-state index contributed by atoms with van der Waals surface area (Å²) < 4.78 is 28.8. The first-order valence-corrected chi connectivity index (χ1v) is 7.53. The first kappa shape index (κ1) is 16.7. The summed E-state index contributed by atoms with van der Waals surface area (Å²) in [6, 6.07) is 3.20. The van der Waals surface area contributed by atoms with E-state index in [1.165, 1.54) is 33.9 Å². The number of aryl methyl sites for hydroxylation is 1. The fourth-order valence-corrected chi connectivity index (χ4v) is 2.49. The maximum absolute atomic E-state index is 13.1. The topological polar surface area (TPSA) is 81.8 Å². The fourth-order valence-electron chi connectivity index (χ4n) is 2.49. The molecule has 0 saturated heterocycles. The average Bonchev–Trinajstić information content (AvgIpc) is 2.91. The Kier molecular flexibility index (Phi) is 4.55. The van der Waals surface area contributed by atoms with Crippen LogP contribution < -0.4 is 10.9 Å². The van der Waals surface area contributed by atoms with Gasteiger partial charge < -0.3 is 5.32 Å². The minimum Gasteiger partial charge on any atom is -0.354 e. The van der Waals surface area contributed by atoms with Gasteiger partial charge >= 0.3 is 0 Å². The molecule has 0 radical (unpaired) electrons. The van der Waals surface area contributed by atoms with Crippen molar-refractivity contribution in [3.05, 3.63) is 58.3 Å². The van der Waals surface area contributed by atoms with Crippen LogP contribution in [0.1, 0.15) is 5.56 Å². The molecule has 0 unspecified atom stereocenters. The number of benzene rings is 1. The minimum atomic E-state index is -0.663. The zero-order chi connectivity index (χ0) is 18.0. The van der Waals surface area contributed by atoms with Crippen LogP contribution in [-0.4, -0.2) is 31.8 Å². The first-order chi connectivity index (χ1) is 11.9. The number of amides is 1. The van der Waals surface area contributed by atoms with E-state index in [1.807, 2.05) is 0 Å². The van der Waals surface area contributed by atoms with Crippen LogP contribution in [0.2, 0.25) is 0 Å². The lowest BCUT2D eigenvalue weighted by molar-refractivity contribution is -0.121. The van der Waals surface area contributed by atoms with E-state index in [0.29, 0.717) is 16.6 Å². The van der Waals surface area contributed by atoms with Gasteiger partial charge in [-0.1, -0.05) is 0 Å². The highest BCUT2D eigenvalue weighted by molar-refractivity contribution is 5.77. The van der Waals surface area contributed by atoms with E-state index in [2.05, 4.69) is 15.4 Å². The lowest BCUT2D eigenvalue weighted by Gasteiger charge is -2.07. The van der Waals surface area contributed by atoms with E-state index in [-0.39, 0.29) is 25.1 Å². The fraction of sp³-hybridized carbons (Fsp3) is 0.250. The molecule has 1 aromatic carbocycles. The number of nitrogens with one attached hydrogen (secondary N) is 1. The normalized spacial score (nSPS) is 11.0. The predicted octanol–water partition coefficient (Wildman–Crippen LogP) is 0.767. The predicted molar refractivity (Wildman–Crippen MR) is 85.8 cm³/mol. The lowest BCUT2D eigenvalue weighted by Crippen LogP contribution is -2.33. The third-order valence-electron chi connectivity index (χ3n) is 3.69. The molecule has 1 amide bonds. The minimum absolute atomic E-state index is 0.193. The Labute approximate surface area is 140 Å². The summed E-state index contributed by atoms with van der Waals surface area (Å²) in [5, 5.41) is 6.89. The highest BCUT2D eigenvalue weighted by Crippen LogP contribution is 2.08. The number of hydrogen-bond acceptors (Lipinski definition) is 4. The van der Waals surface area contributed by atoms with Crippen LogP contribution in [-0.2, 0) is 24.8 Å². The molecule has 0 atom stereocenters. The average molecular weight is 347 g/mol. The van der Waals surface area contributed by atoms with Crippen molar-refractivity contribution in [2.45, 2.75) is 13.0 Å². The van der Waals surface area contributed by atoms with Gasteiger partial charge in [-0.05, 0) is 24.1 Å². The van der Waals surface area contributed by atoms with Gasteiger partial charge in [0, 0.05) is 19.7 Å². The summed E-state index contributed by atoms with van der Waals surface area (Å²) >= 11 is 0. The summed E-state index contributed by atoms with van der Waals surface area (Å²) in [5.74, 6) is -1.73. The second-order valence-electron chi connectivity index (χ2n) is 5.56. The Morgan fingerprint density at radius 3 is 2.68 bits per heavy atom. The second-order valence-corrected chi connectivity index (χ2v) is 5.56. The third kappa shape index (κ3) is 3.70. The van der Waals surface area contributed by atoms with Crippen LogP contribution in [0.3, 0.4) is 0 Å². The molecule has 0 aliphatic rings. The van der Waals surface area contributed by atoms with Crippen LogP contribution >= 0.6 is 0 Å². The van der Waals surface area contributed by atoms with E-state index in [4.69, 9.17) is 0 Å². The molecule has 0 bridgehead atoms. The summed E-state index contributed by atoms with van der Waals surface area (Å²) in [7, 11) is 1.67. The summed E-state index contributed by atoms with van der Waals surface area (Å²) in [5.41, 5.74) is 0.517. The Morgan fingerprint density at radius 2 is 1.96 bits per heavy atom. The standard InChI is InChI=1S/C16H15F2N5O2/c1-22-15-13(7-21-22)16(25)23(9-20-15)8-14(24)19-3-2-10-4-11(17)6-12(18)5-10/h4-7,9H,2-3,8H2,1H3,(H,19,24). The van der Waals surface area contributed by atoms with E-state index in [9.17, 15) is 18.4 Å². The summed E-state index contributed by atoms with van der Waals surface area (Å²) in [6.07, 6.45) is 2.96. The molecule has 2 aromatic heterocycles. The number of rotatable bonds is 5. The number of nitrogens with zero attached hydrogens (tertiary/aromatic N) is 4. The Morgan fingerprint density at radius 1 is 1.24 bits per heavy atom. The zero-order valence-corrected chi connectivity index (χ0v) is 13.4. The van der Waals surface area contributed by atoms with Crippen molar-refractivity contribution in [2.75, 3.05) is 6.54 Å². The van der Waals surface area contributed by atoms with Gasteiger partial charge in [0.15, 0.2) is 5.65 Å². The summed E-state index contributed by atoms with van der Waals surface area (Å²) in [4.78, 5) is 28.3. The molecule has 1 N–H and O–H groups in total. The molecule has 130 valence electrons. The molecular weight excluding hydrogens is 332 g/mol. The van der Waals surface area contributed by atoms with Crippen molar-refractivity contribution in [3.8, 4) is 0 Å². The Bertz CT molecular complexity index is 976. The van der Waals surface area contributed by atoms with Crippen molar-refractivity contribution in [1.29, 1.82) is 0 Å². The van der Waals surface area contributed by atoms with Gasteiger partial charge in [-0.15, -0.1) is 0 Å². The maximum Gasteiger partial charge on any atom is 0.264 e. The van der Waals surface area contributed by atoms with Crippen molar-refractivity contribution in [1.82, 2.24) is 24.6 Å².